The average Bonchev–Trinajstić information content (AvgIpc) is 3.14. The molecule has 0 atom stereocenters. The summed E-state index contributed by atoms with van der Waals surface area (Å²) >= 11 is 1.65. The van der Waals surface area contributed by atoms with Gasteiger partial charge >= 0.3 is 0 Å². The molecule has 1 fully saturated rings. The highest BCUT2D eigenvalue weighted by Crippen LogP contribution is 2.44. The van der Waals surface area contributed by atoms with Crippen LogP contribution < -0.4 is 10.6 Å². The Labute approximate surface area is 173 Å². The Kier molecular flexibility index (Phi) is 6.04. The van der Waals surface area contributed by atoms with Crippen LogP contribution in [0.25, 0.3) is 0 Å². The van der Waals surface area contributed by atoms with E-state index in [1.54, 1.807) is 17.5 Å². The normalized spacial score (nSPS) is 18.1. The smallest absolute Gasteiger partial charge is 0.231 e. The molecule has 2 N–H and O–H groups in total. The number of aromatic nitrogens is 5. The molecule has 3 aromatic heterocycles. The van der Waals surface area contributed by atoms with Crippen LogP contribution in [0.4, 0.5) is 10.9 Å². The lowest BCUT2D eigenvalue weighted by Gasteiger charge is -2.33. The number of hydrogen-bond acceptors (Lipinski definition) is 8. The molecule has 1 saturated carbocycles. The van der Waals surface area contributed by atoms with E-state index in [0.717, 1.165) is 47.3 Å². The number of carbonyl (C=O) groups excluding carboxylic acids is 1. The molecule has 150 valence electrons. The summed E-state index contributed by atoms with van der Waals surface area (Å²) in [7, 11) is 0. The first-order valence-electron chi connectivity index (χ1n) is 9.79. The van der Waals surface area contributed by atoms with Crippen molar-refractivity contribution < 1.29 is 4.79 Å². The van der Waals surface area contributed by atoms with Crippen LogP contribution in [-0.2, 0) is 17.6 Å². The third kappa shape index (κ3) is 5.11. The standard InChI is InChI=1S/C20H23N7OS/c1-2-21-20-27-26-19(29-20)14-9-13(10-14)11-16-6-7-17(25-24-16)23-18(28)12-15-5-3-4-8-22-15/h3-8,13-14H,2,9-12H2,1H3,(H,21,27)(H,23,25,28)/t13-,14-. The molecule has 1 amide bonds. The molecule has 9 heteroatoms. The highest BCUT2D eigenvalue weighted by Gasteiger charge is 2.33. The minimum absolute atomic E-state index is 0.151. The van der Waals surface area contributed by atoms with E-state index >= 15 is 0 Å². The highest BCUT2D eigenvalue weighted by molar-refractivity contribution is 7.15. The molecule has 0 aliphatic heterocycles. The van der Waals surface area contributed by atoms with Crippen molar-refractivity contribution in [2.75, 3.05) is 17.2 Å². The Hall–Kier alpha value is -2.94. The summed E-state index contributed by atoms with van der Waals surface area (Å²) in [6.45, 7) is 2.92. The van der Waals surface area contributed by atoms with Crippen LogP contribution in [0.15, 0.2) is 36.5 Å². The maximum atomic E-state index is 12.1. The number of anilines is 2. The van der Waals surface area contributed by atoms with Crippen LogP contribution in [0.3, 0.4) is 0 Å². The van der Waals surface area contributed by atoms with Crippen molar-refractivity contribution in [1.29, 1.82) is 0 Å². The molecule has 3 heterocycles. The minimum atomic E-state index is -0.151. The first-order valence-corrected chi connectivity index (χ1v) is 10.6. The van der Waals surface area contributed by atoms with Crippen molar-refractivity contribution in [3.05, 3.63) is 52.9 Å². The summed E-state index contributed by atoms with van der Waals surface area (Å²) in [5.41, 5.74) is 1.67. The lowest BCUT2D eigenvalue weighted by atomic mass is 9.73. The number of carbonyl (C=O) groups is 1. The van der Waals surface area contributed by atoms with Gasteiger partial charge in [0.25, 0.3) is 0 Å². The van der Waals surface area contributed by atoms with Gasteiger partial charge in [-0.25, -0.2) is 0 Å². The third-order valence-electron chi connectivity index (χ3n) is 4.91. The Bertz CT molecular complexity index is 939. The van der Waals surface area contributed by atoms with E-state index < -0.39 is 0 Å². The molecule has 29 heavy (non-hydrogen) atoms. The molecule has 0 unspecified atom stereocenters. The largest absolute Gasteiger partial charge is 0.360 e. The fourth-order valence-electron chi connectivity index (χ4n) is 3.41. The maximum Gasteiger partial charge on any atom is 0.231 e. The lowest BCUT2D eigenvalue weighted by molar-refractivity contribution is -0.115. The van der Waals surface area contributed by atoms with Crippen LogP contribution in [0.5, 0.6) is 0 Å². The van der Waals surface area contributed by atoms with Crippen molar-refractivity contribution in [1.82, 2.24) is 25.4 Å². The highest BCUT2D eigenvalue weighted by atomic mass is 32.1. The zero-order chi connectivity index (χ0) is 20.1. The van der Waals surface area contributed by atoms with Gasteiger partial charge in [-0.2, -0.15) is 5.10 Å². The van der Waals surface area contributed by atoms with Gasteiger partial charge in [-0.1, -0.05) is 17.4 Å². The van der Waals surface area contributed by atoms with E-state index in [9.17, 15) is 4.79 Å². The number of pyridine rings is 1. The molecule has 1 aliphatic carbocycles. The van der Waals surface area contributed by atoms with Crippen LogP contribution in [0, 0.1) is 5.92 Å². The van der Waals surface area contributed by atoms with Gasteiger partial charge in [0.15, 0.2) is 5.82 Å². The van der Waals surface area contributed by atoms with Gasteiger partial charge in [-0.15, -0.1) is 15.3 Å². The topological polar surface area (TPSA) is 106 Å². The molecule has 0 spiro atoms. The molecule has 0 aromatic carbocycles. The maximum absolute atomic E-state index is 12.1. The first-order chi connectivity index (χ1) is 14.2. The molecule has 8 nitrogen and oxygen atoms in total. The molecular weight excluding hydrogens is 386 g/mol. The summed E-state index contributed by atoms with van der Waals surface area (Å²) in [6.07, 6.45) is 4.99. The van der Waals surface area contributed by atoms with Crippen molar-refractivity contribution in [3.8, 4) is 0 Å². The molecule has 1 aliphatic rings. The Morgan fingerprint density at radius 1 is 1.10 bits per heavy atom. The second kappa shape index (κ2) is 9.04. The number of hydrogen-bond donors (Lipinski definition) is 2. The SMILES string of the molecule is CCNc1nnc([C@H]2C[C@H](Cc3ccc(NC(=O)Cc4ccccn4)nn3)C2)s1. The van der Waals surface area contributed by atoms with E-state index in [4.69, 9.17) is 0 Å². The monoisotopic (exact) mass is 409 g/mol. The Morgan fingerprint density at radius 2 is 2.00 bits per heavy atom. The summed E-state index contributed by atoms with van der Waals surface area (Å²) < 4.78 is 0. The molecule has 3 aromatic rings. The fourth-order valence-corrected chi connectivity index (χ4v) is 4.35. The summed E-state index contributed by atoms with van der Waals surface area (Å²) in [5, 5.41) is 24.9. The summed E-state index contributed by atoms with van der Waals surface area (Å²) in [6, 6.07) is 9.25. The number of nitrogens with one attached hydrogen (secondary N) is 2. The van der Waals surface area contributed by atoms with E-state index in [-0.39, 0.29) is 12.3 Å². The minimum Gasteiger partial charge on any atom is -0.360 e. The van der Waals surface area contributed by atoms with Gasteiger partial charge in [0.1, 0.15) is 5.01 Å². The predicted octanol–water partition coefficient (Wildman–Crippen LogP) is 3.07. The third-order valence-corrected chi connectivity index (χ3v) is 5.95. The first kappa shape index (κ1) is 19.4. The predicted molar refractivity (Wildman–Crippen MR) is 112 cm³/mol. The zero-order valence-corrected chi connectivity index (χ0v) is 17.0. The van der Waals surface area contributed by atoms with Gasteiger partial charge in [0, 0.05) is 24.4 Å². The van der Waals surface area contributed by atoms with Gasteiger partial charge < -0.3 is 10.6 Å². The van der Waals surface area contributed by atoms with Gasteiger partial charge in [0.05, 0.1) is 12.1 Å². The van der Waals surface area contributed by atoms with E-state index in [2.05, 4.69) is 42.9 Å². The van der Waals surface area contributed by atoms with Gasteiger partial charge in [0.2, 0.25) is 11.0 Å². The molecule has 0 radical (unpaired) electrons. The van der Waals surface area contributed by atoms with Crippen molar-refractivity contribution in [3.63, 3.8) is 0 Å². The van der Waals surface area contributed by atoms with E-state index in [1.807, 2.05) is 30.3 Å². The van der Waals surface area contributed by atoms with E-state index in [0.29, 0.717) is 17.7 Å². The van der Waals surface area contributed by atoms with Crippen molar-refractivity contribution >= 4 is 28.2 Å². The molecule has 0 bridgehead atoms. The van der Waals surface area contributed by atoms with Crippen LogP contribution in [-0.4, -0.2) is 37.8 Å². The Morgan fingerprint density at radius 3 is 2.72 bits per heavy atom. The van der Waals surface area contributed by atoms with Crippen LogP contribution in [0.1, 0.15) is 42.1 Å². The number of nitrogens with zero attached hydrogens (tertiary/aromatic N) is 5. The summed E-state index contributed by atoms with van der Waals surface area (Å²) in [5.74, 6) is 1.40. The average molecular weight is 410 g/mol. The van der Waals surface area contributed by atoms with Crippen molar-refractivity contribution in [2.24, 2.45) is 5.92 Å². The lowest BCUT2D eigenvalue weighted by Crippen LogP contribution is -2.24. The fraction of sp³-hybridized carbons (Fsp3) is 0.400. The van der Waals surface area contributed by atoms with Gasteiger partial charge in [-0.3, -0.25) is 9.78 Å². The Balaban J connectivity index is 1.23. The molecular formula is C20H23N7OS. The van der Waals surface area contributed by atoms with Gasteiger partial charge in [-0.05, 0) is 56.4 Å². The molecule has 4 rings (SSSR count). The molecule has 0 saturated heterocycles. The summed E-state index contributed by atoms with van der Waals surface area (Å²) in [4.78, 5) is 16.2. The van der Waals surface area contributed by atoms with E-state index in [1.165, 1.54) is 0 Å². The number of amides is 1. The van der Waals surface area contributed by atoms with Crippen LogP contribution in [0.2, 0.25) is 0 Å². The van der Waals surface area contributed by atoms with Crippen LogP contribution >= 0.6 is 11.3 Å². The zero-order valence-electron chi connectivity index (χ0n) is 16.2. The quantitative estimate of drug-likeness (QED) is 0.589. The second-order valence-electron chi connectivity index (χ2n) is 7.17. The van der Waals surface area contributed by atoms with Crippen molar-refractivity contribution in [2.45, 2.75) is 38.5 Å². The number of rotatable bonds is 8. The second-order valence-corrected chi connectivity index (χ2v) is 8.18.